The van der Waals surface area contributed by atoms with E-state index < -0.39 is 0 Å². The fourth-order valence-corrected chi connectivity index (χ4v) is 1.98. The van der Waals surface area contributed by atoms with Crippen molar-refractivity contribution in [3.8, 4) is 0 Å². The Balaban J connectivity index is 1.68. The molecular weight excluding hydrogens is 178 g/mol. The first-order valence-electron chi connectivity index (χ1n) is 5.23. The summed E-state index contributed by atoms with van der Waals surface area (Å²) in [4.78, 5) is 3.97. The van der Waals surface area contributed by atoms with E-state index in [1.165, 1.54) is 0 Å². The van der Waals surface area contributed by atoms with Gasteiger partial charge in [-0.15, -0.1) is 0 Å². The van der Waals surface area contributed by atoms with Gasteiger partial charge in [-0.05, 0) is 19.3 Å². The Kier molecular flexibility index (Phi) is 3.16. The van der Waals surface area contributed by atoms with E-state index in [2.05, 4.69) is 10.3 Å². The van der Waals surface area contributed by atoms with E-state index in [4.69, 9.17) is 0 Å². The fourth-order valence-electron chi connectivity index (χ4n) is 1.98. The van der Waals surface area contributed by atoms with E-state index >= 15 is 0 Å². The molecule has 1 aliphatic carbocycles. The van der Waals surface area contributed by atoms with Crippen LogP contribution in [0.4, 0.5) is 0 Å². The van der Waals surface area contributed by atoms with Gasteiger partial charge in [-0.25, -0.2) is 4.98 Å². The second-order valence-corrected chi connectivity index (χ2v) is 3.86. The van der Waals surface area contributed by atoms with E-state index in [0.717, 1.165) is 32.4 Å². The molecular formula is C10H17N3O. The molecule has 1 fully saturated rings. The zero-order chi connectivity index (χ0) is 9.80. The molecule has 1 aromatic heterocycles. The highest BCUT2D eigenvalue weighted by Gasteiger charge is 2.23. The highest BCUT2D eigenvalue weighted by molar-refractivity contribution is 4.83. The number of hydrogen-bond donors (Lipinski definition) is 2. The van der Waals surface area contributed by atoms with Crippen molar-refractivity contribution in [3.63, 3.8) is 0 Å². The molecule has 1 aromatic rings. The molecule has 0 aliphatic heterocycles. The minimum absolute atomic E-state index is 0.141. The SMILES string of the molecule is O[C@H]1CCC[C@@H]1NCCn1ccnc1. The van der Waals surface area contributed by atoms with Crippen molar-refractivity contribution in [1.82, 2.24) is 14.9 Å². The molecule has 0 radical (unpaired) electrons. The zero-order valence-electron chi connectivity index (χ0n) is 8.26. The number of aromatic nitrogens is 2. The van der Waals surface area contributed by atoms with Crippen LogP contribution in [-0.4, -0.2) is 33.3 Å². The van der Waals surface area contributed by atoms with Gasteiger partial charge in [0.15, 0.2) is 0 Å². The van der Waals surface area contributed by atoms with Crippen LogP contribution in [-0.2, 0) is 6.54 Å². The lowest BCUT2D eigenvalue weighted by atomic mass is 10.2. The standard InChI is InChI=1S/C10H17N3O/c14-10-3-1-2-9(10)12-5-7-13-6-4-11-8-13/h4,6,8-10,12,14H,1-3,5,7H2/t9-,10-/m0/s1. The number of imidazole rings is 1. The molecule has 0 aromatic carbocycles. The van der Waals surface area contributed by atoms with Gasteiger partial charge < -0.3 is 15.0 Å². The van der Waals surface area contributed by atoms with Gasteiger partial charge in [0.2, 0.25) is 0 Å². The zero-order valence-corrected chi connectivity index (χ0v) is 8.26. The van der Waals surface area contributed by atoms with E-state index in [-0.39, 0.29) is 6.10 Å². The first-order valence-corrected chi connectivity index (χ1v) is 5.23. The van der Waals surface area contributed by atoms with Crippen LogP contribution in [0.1, 0.15) is 19.3 Å². The van der Waals surface area contributed by atoms with E-state index in [9.17, 15) is 5.11 Å². The normalized spacial score (nSPS) is 26.9. The van der Waals surface area contributed by atoms with Crippen molar-refractivity contribution in [3.05, 3.63) is 18.7 Å². The van der Waals surface area contributed by atoms with Gasteiger partial charge in [0.05, 0.1) is 12.4 Å². The number of nitrogens with one attached hydrogen (secondary N) is 1. The molecule has 14 heavy (non-hydrogen) atoms. The lowest BCUT2D eigenvalue weighted by Crippen LogP contribution is -2.37. The highest BCUT2D eigenvalue weighted by Crippen LogP contribution is 2.18. The fraction of sp³-hybridized carbons (Fsp3) is 0.700. The first-order chi connectivity index (χ1) is 6.86. The summed E-state index contributed by atoms with van der Waals surface area (Å²) in [6.07, 6.45) is 8.60. The number of aliphatic hydroxyl groups is 1. The molecule has 2 atom stereocenters. The summed E-state index contributed by atoms with van der Waals surface area (Å²) in [5, 5.41) is 12.9. The van der Waals surface area contributed by atoms with Crippen LogP contribution in [0, 0.1) is 0 Å². The van der Waals surface area contributed by atoms with Crippen molar-refractivity contribution in [2.45, 2.75) is 38.0 Å². The predicted molar refractivity (Wildman–Crippen MR) is 53.9 cm³/mol. The van der Waals surface area contributed by atoms with Crippen LogP contribution in [0.5, 0.6) is 0 Å². The maximum Gasteiger partial charge on any atom is 0.0946 e. The first kappa shape index (κ1) is 9.68. The Morgan fingerprint density at radius 1 is 1.50 bits per heavy atom. The third-order valence-electron chi connectivity index (χ3n) is 2.82. The van der Waals surface area contributed by atoms with Gasteiger partial charge in [-0.1, -0.05) is 0 Å². The number of nitrogens with zero attached hydrogens (tertiary/aromatic N) is 2. The van der Waals surface area contributed by atoms with Gasteiger partial charge in [-0.3, -0.25) is 0 Å². The Hall–Kier alpha value is -0.870. The average Bonchev–Trinajstić information content (AvgIpc) is 2.78. The maximum absolute atomic E-state index is 9.56. The Morgan fingerprint density at radius 2 is 2.43 bits per heavy atom. The van der Waals surface area contributed by atoms with Gasteiger partial charge >= 0.3 is 0 Å². The van der Waals surface area contributed by atoms with E-state index in [0.29, 0.717) is 6.04 Å². The van der Waals surface area contributed by atoms with Crippen molar-refractivity contribution in [2.75, 3.05) is 6.54 Å². The predicted octanol–water partition coefficient (Wildman–Crippen LogP) is 0.386. The van der Waals surface area contributed by atoms with Crippen molar-refractivity contribution < 1.29 is 5.11 Å². The molecule has 2 N–H and O–H groups in total. The molecule has 1 heterocycles. The minimum Gasteiger partial charge on any atom is -0.392 e. The summed E-state index contributed by atoms with van der Waals surface area (Å²) < 4.78 is 2.04. The molecule has 1 aliphatic rings. The molecule has 1 saturated carbocycles. The Bertz CT molecular complexity index is 260. The second-order valence-electron chi connectivity index (χ2n) is 3.86. The lowest BCUT2D eigenvalue weighted by molar-refractivity contribution is 0.149. The van der Waals surface area contributed by atoms with Gasteiger partial charge in [-0.2, -0.15) is 0 Å². The molecule has 0 saturated heterocycles. The summed E-state index contributed by atoms with van der Waals surface area (Å²) >= 11 is 0. The molecule has 4 nitrogen and oxygen atoms in total. The van der Waals surface area contributed by atoms with Crippen LogP contribution in [0.25, 0.3) is 0 Å². The van der Waals surface area contributed by atoms with Gasteiger partial charge in [0.25, 0.3) is 0 Å². The van der Waals surface area contributed by atoms with Crippen LogP contribution < -0.4 is 5.32 Å². The lowest BCUT2D eigenvalue weighted by Gasteiger charge is -2.16. The van der Waals surface area contributed by atoms with Crippen molar-refractivity contribution >= 4 is 0 Å². The molecule has 0 unspecified atom stereocenters. The largest absolute Gasteiger partial charge is 0.392 e. The third-order valence-corrected chi connectivity index (χ3v) is 2.82. The van der Waals surface area contributed by atoms with Crippen LogP contribution in [0.3, 0.4) is 0 Å². The monoisotopic (exact) mass is 195 g/mol. The van der Waals surface area contributed by atoms with E-state index in [1.807, 2.05) is 17.1 Å². The molecule has 4 heteroatoms. The van der Waals surface area contributed by atoms with Gasteiger partial charge in [0, 0.05) is 31.5 Å². The molecule has 0 amide bonds. The van der Waals surface area contributed by atoms with E-state index in [1.54, 1.807) is 6.20 Å². The minimum atomic E-state index is -0.141. The number of rotatable bonds is 4. The molecule has 2 rings (SSSR count). The van der Waals surface area contributed by atoms with Crippen molar-refractivity contribution in [2.24, 2.45) is 0 Å². The molecule has 0 spiro atoms. The summed E-state index contributed by atoms with van der Waals surface area (Å²) in [6, 6.07) is 0.304. The summed E-state index contributed by atoms with van der Waals surface area (Å²) in [6.45, 7) is 1.82. The molecule has 78 valence electrons. The maximum atomic E-state index is 9.56. The number of aliphatic hydroxyl groups excluding tert-OH is 1. The Labute approximate surface area is 84.0 Å². The quantitative estimate of drug-likeness (QED) is 0.730. The van der Waals surface area contributed by atoms with Gasteiger partial charge in [0.1, 0.15) is 0 Å². The summed E-state index contributed by atoms with van der Waals surface area (Å²) in [5.41, 5.74) is 0. The molecule has 0 bridgehead atoms. The van der Waals surface area contributed by atoms with Crippen LogP contribution >= 0.6 is 0 Å². The highest BCUT2D eigenvalue weighted by atomic mass is 16.3. The Morgan fingerprint density at radius 3 is 3.07 bits per heavy atom. The summed E-state index contributed by atoms with van der Waals surface area (Å²) in [5.74, 6) is 0. The topological polar surface area (TPSA) is 50.1 Å². The smallest absolute Gasteiger partial charge is 0.0946 e. The van der Waals surface area contributed by atoms with Crippen LogP contribution in [0.15, 0.2) is 18.7 Å². The third kappa shape index (κ3) is 2.33. The summed E-state index contributed by atoms with van der Waals surface area (Å²) in [7, 11) is 0. The number of hydrogen-bond acceptors (Lipinski definition) is 3. The average molecular weight is 195 g/mol. The second kappa shape index (κ2) is 4.57. The van der Waals surface area contributed by atoms with Crippen molar-refractivity contribution in [1.29, 1.82) is 0 Å². The van der Waals surface area contributed by atoms with Crippen LogP contribution in [0.2, 0.25) is 0 Å².